The summed E-state index contributed by atoms with van der Waals surface area (Å²) in [6.07, 6.45) is 3.92. The maximum absolute atomic E-state index is 11.4. The van der Waals surface area contributed by atoms with Crippen LogP contribution in [0, 0.1) is 0 Å². The van der Waals surface area contributed by atoms with Gasteiger partial charge >= 0.3 is 5.97 Å². The minimum atomic E-state index is -0.450. The number of carbonyl (C=O) groups is 2. The van der Waals surface area contributed by atoms with Crippen LogP contribution in [0.15, 0.2) is 35.1 Å². The quantitative estimate of drug-likeness (QED) is 0.596. The van der Waals surface area contributed by atoms with Crippen LogP contribution in [0.2, 0.25) is 0 Å². The molecule has 0 aliphatic heterocycles. The summed E-state index contributed by atoms with van der Waals surface area (Å²) in [5, 5.41) is 0. The van der Waals surface area contributed by atoms with E-state index in [0.717, 1.165) is 6.29 Å². The van der Waals surface area contributed by atoms with Crippen molar-refractivity contribution in [1.82, 2.24) is 4.57 Å². The van der Waals surface area contributed by atoms with Crippen molar-refractivity contribution < 1.29 is 18.7 Å². The molecule has 0 bridgehead atoms. The van der Waals surface area contributed by atoms with E-state index < -0.39 is 5.97 Å². The lowest BCUT2D eigenvalue weighted by molar-refractivity contribution is 0.0598. The van der Waals surface area contributed by atoms with Crippen molar-refractivity contribution in [2.24, 2.45) is 0 Å². The van der Waals surface area contributed by atoms with Gasteiger partial charge in [0.15, 0.2) is 6.29 Å². The summed E-state index contributed by atoms with van der Waals surface area (Å²) in [6.45, 7) is 0.318. The van der Waals surface area contributed by atoms with Crippen molar-refractivity contribution in [2.75, 3.05) is 7.11 Å². The fourth-order valence-corrected chi connectivity index (χ4v) is 1.59. The first-order valence-electron chi connectivity index (χ1n) is 5.01. The first-order valence-corrected chi connectivity index (χ1v) is 5.01. The average Bonchev–Trinajstić information content (AvgIpc) is 2.97. The number of furan rings is 1. The van der Waals surface area contributed by atoms with Gasteiger partial charge in [-0.1, -0.05) is 0 Å². The molecule has 2 heterocycles. The van der Waals surface area contributed by atoms with Crippen molar-refractivity contribution in [3.8, 4) is 0 Å². The standard InChI is InChI=1S/C12H11NO4/c1-16-12(15)10-4-6-17-11(10)7-13-5-2-3-9(13)8-14/h2-6,8H,7H2,1H3. The maximum Gasteiger partial charge on any atom is 0.341 e. The van der Waals surface area contributed by atoms with Crippen LogP contribution in [0.3, 0.4) is 0 Å². The van der Waals surface area contributed by atoms with Gasteiger partial charge in [0.05, 0.1) is 25.6 Å². The van der Waals surface area contributed by atoms with E-state index in [-0.39, 0.29) is 0 Å². The smallest absolute Gasteiger partial charge is 0.341 e. The molecular formula is C12H11NO4. The van der Waals surface area contributed by atoms with Gasteiger partial charge in [-0.05, 0) is 18.2 Å². The van der Waals surface area contributed by atoms with Gasteiger partial charge in [0.1, 0.15) is 11.3 Å². The highest BCUT2D eigenvalue weighted by Crippen LogP contribution is 2.14. The Bertz CT molecular complexity index is 538. The Morgan fingerprint density at radius 3 is 3.06 bits per heavy atom. The molecule has 17 heavy (non-hydrogen) atoms. The first-order chi connectivity index (χ1) is 8.26. The second-order valence-electron chi connectivity index (χ2n) is 3.43. The Hall–Kier alpha value is -2.30. The van der Waals surface area contributed by atoms with E-state index in [1.54, 1.807) is 29.0 Å². The third-order valence-electron chi connectivity index (χ3n) is 2.45. The molecule has 0 aliphatic rings. The maximum atomic E-state index is 11.4. The number of esters is 1. The van der Waals surface area contributed by atoms with Crippen LogP contribution in [0.1, 0.15) is 26.6 Å². The summed E-state index contributed by atoms with van der Waals surface area (Å²) in [5.41, 5.74) is 0.898. The minimum absolute atomic E-state index is 0.318. The second kappa shape index (κ2) is 4.69. The molecule has 5 nitrogen and oxygen atoms in total. The van der Waals surface area contributed by atoms with Crippen LogP contribution in [-0.4, -0.2) is 23.9 Å². The third-order valence-corrected chi connectivity index (χ3v) is 2.45. The molecule has 88 valence electrons. The number of aromatic nitrogens is 1. The Morgan fingerprint density at radius 1 is 1.53 bits per heavy atom. The molecule has 2 aromatic heterocycles. The lowest BCUT2D eigenvalue weighted by Crippen LogP contribution is -2.07. The van der Waals surface area contributed by atoms with Crippen molar-refractivity contribution in [1.29, 1.82) is 0 Å². The Balaban J connectivity index is 2.28. The van der Waals surface area contributed by atoms with Crippen LogP contribution >= 0.6 is 0 Å². The van der Waals surface area contributed by atoms with E-state index in [0.29, 0.717) is 23.6 Å². The van der Waals surface area contributed by atoms with Gasteiger partial charge in [0.25, 0.3) is 0 Å². The number of aldehydes is 1. The Kier molecular flexibility index (Phi) is 3.09. The van der Waals surface area contributed by atoms with Crippen molar-refractivity contribution in [3.05, 3.63) is 47.7 Å². The van der Waals surface area contributed by atoms with Crippen molar-refractivity contribution >= 4 is 12.3 Å². The zero-order valence-corrected chi connectivity index (χ0v) is 9.25. The summed E-state index contributed by atoms with van der Waals surface area (Å²) in [6, 6.07) is 4.99. The zero-order valence-electron chi connectivity index (χ0n) is 9.25. The lowest BCUT2D eigenvalue weighted by atomic mass is 10.2. The van der Waals surface area contributed by atoms with Crippen molar-refractivity contribution in [3.63, 3.8) is 0 Å². The van der Waals surface area contributed by atoms with Gasteiger partial charge in [0.2, 0.25) is 0 Å². The number of ether oxygens (including phenoxy) is 1. The molecule has 0 spiro atoms. The summed E-state index contributed by atoms with van der Waals surface area (Å²) in [7, 11) is 1.31. The van der Waals surface area contributed by atoms with E-state index in [2.05, 4.69) is 4.74 Å². The number of hydrogen-bond donors (Lipinski definition) is 0. The van der Waals surface area contributed by atoms with E-state index in [9.17, 15) is 9.59 Å². The topological polar surface area (TPSA) is 61.4 Å². The van der Waals surface area contributed by atoms with Gasteiger partial charge in [0, 0.05) is 6.20 Å². The Labute approximate surface area is 97.6 Å². The normalized spacial score (nSPS) is 10.2. The summed E-state index contributed by atoms with van der Waals surface area (Å²) >= 11 is 0. The molecule has 0 saturated carbocycles. The van der Waals surface area contributed by atoms with E-state index in [4.69, 9.17) is 4.42 Å². The van der Waals surface area contributed by atoms with Gasteiger partial charge in [-0.15, -0.1) is 0 Å². The third kappa shape index (κ3) is 2.13. The molecule has 0 radical (unpaired) electrons. The number of nitrogens with zero attached hydrogens (tertiary/aromatic N) is 1. The molecule has 0 unspecified atom stereocenters. The molecule has 0 amide bonds. The molecule has 0 N–H and O–H groups in total. The van der Waals surface area contributed by atoms with Crippen molar-refractivity contribution in [2.45, 2.75) is 6.54 Å². The summed E-state index contributed by atoms with van der Waals surface area (Å²) in [5.74, 6) is 0.0182. The largest absolute Gasteiger partial charge is 0.467 e. The molecule has 0 atom stereocenters. The second-order valence-corrected chi connectivity index (χ2v) is 3.43. The predicted octanol–water partition coefficient (Wildman–Crippen LogP) is 1.73. The zero-order chi connectivity index (χ0) is 12.3. The first kappa shape index (κ1) is 11.2. The van der Waals surface area contributed by atoms with Crippen LogP contribution in [0.4, 0.5) is 0 Å². The van der Waals surface area contributed by atoms with Crippen LogP contribution in [0.5, 0.6) is 0 Å². The van der Waals surface area contributed by atoms with Gasteiger partial charge in [-0.25, -0.2) is 4.79 Å². The number of rotatable bonds is 4. The monoisotopic (exact) mass is 233 g/mol. The van der Waals surface area contributed by atoms with Crippen LogP contribution in [0.25, 0.3) is 0 Å². The van der Waals surface area contributed by atoms with E-state index in [1.807, 2.05) is 0 Å². The SMILES string of the molecule is COC(=O)c1ccoc1Cn1cccc1C=O. The molecule has 0 aliphatic carbocycles. The summed E-state index contributed by atoms with van der Waals surface area (Å²) in [4.78, 5) is 22.2. The average molecular weight is 233 g/mol. The molecule has 5 heteroatoms. The molecule has 0 saturated heterocycles. The lowest BCUT2D eigenvalue weighted by Gasteiger charge is -2.04. The number of hydrogen-bond acceptors (Lipinski definition) is 4. The van der Waals surface area contributed by atoms with Gasteiger partial charge in [-0.2, -0.15) is 0 Å². The highest BCUT2D eigenvalue weighted by atomic mass is 16.5. The van der Waals surface area contributed by atoms with Gasteiger partial charge in [-0.3, -0.25) is 4.79 Å². The molecule has 0 aromatic carbocycles. The Morgan fingerprint density at radius 2 is 2.35 bits per heavy atom. The molecule has 2 aromatic rings. The minimum Gasteiger partial charge on any atom is -0.467 e. The highest BCUT2D eigenvalue weighted by molar-refractivity contribution is 5.90. The predicted molar refractivity (Wildman–Crippen MR) is 59.0 cm³/mol. The fourth-order valence-electron chi connectivity index (χ4n) is 1.59. The fraction of sp³-hybridized carbons (Fsp3) is 0.167. The molecule has 2 rings (SSSR count). The number of carbonyl (C=O) groups excluding carboxylic acids is 2. The van der Waals surface area contributed by atoms with Crippen LogP contribution in [-0.2, 0) is 11.3 Å². The van der Waals surface area contributed by atoms with E-state index >= 15 is 0 Å². The highest BCUT2D eigenvalue weighted by Gasteiger charge is 2.15. The molecule has 0 fully saturated rings. The van der Waals surface area contributed by atoms with E-state index in [1.165, 1.54) is 13.4 Å². The van der Waals surface area contributed by atoms with Gasteiger partial charge < -0.3 is 13.7 Å². The number of methoxy groups -OCH3 is 1. The van der Waals surface area contributed by atoms with Crippen LogP contribution < -0.4 is 0 Å². The molecular weight excluding hydrogens is 222 g/mol. The summed E-state index contributed by atoms with van der Waals surface area (Å²) < 4.78 is 11.5.